The van der Waals surface area contributed by atoms with Gasteiger partial charge in [-0.05, 0) is 75.6 Å². The van der Waals surface area contributed by atoms with Gasteiger partial charge in [-0.25, -0.2) is 19.7 Å². The summed E-state index contributed by atoms with van der Waals surface area (Å²) < 4.78 is 11.4. The third kappa shape index (κ3) is 7.97. The van der Waals surface area contributed by atoms with Crippen LogP contribution < -0.4 is 15.4 Å². The van der Waals surface area contributed by atoms with Gasteiger partial charge in [0, 0.05) is 54.4 Å². The number of anilines is 1. The first-order valence-corrected chi connectivity index (χ1v) is 14.6. The number of likely N-dealkylation sites (N-methyl/N-ethyl adjacent to an activating group) is 1. The van der Waals surface area contributed by atoms with E-state index in [-0.39, 0.29) is 12.0 Å². The average molecular weight is 601 g/mol. The van der Waals surface area contributed by atoms with Crippen LogP contribution in [0.4, 0.5) is 10.7 Å². The lowest BCUT2D eigenvalue weighted by Crippen LogP contribution is -2.45. The van der Waals surface area contributed by atoms with E-state index in [4.69, 9.17) is 43.4 Å². The molecule has 41 heavy (non-hydrogen) atoms. The molecule has 1 atom stereocenters. The number of amides is 1. The molecule has 218 valence electrons. The van der Waals surface area contributed by atoms with Gasteiger partial charge in [-0.3, -0.25) is 4.90 Å². The molecule has 1 aromatic carbocycles. The summed E-state index contributed by atoms with van der Waals surface area (Å²) in [6.45, 7) is 8.09. The van der Waals surface area contributed by atoms with Gasteiger partial charge in [-0.1, -0.05) is 23.2 Å². The number of piperidine rings is 1. The molecule has 2 aliphatic heterocycles. The number of likely N-dealkylation sites (tertiary alicyclic amines) is 1. The summed E-state index contributed by atoms with van der Waals surface area (Å²) in [7, 11) is 2.12. The SMILES string of the molecule is CC(OC(N)=O)C1CCN(Cc2cc(Oc3cnc(N4CCN(C)CC4)nc3)nc(-c3cc(Cl)cc(Cl)c3)c2)CC1. The molecule has 0 aliphatic carbocycles. The van der Waals surface area contributed by atoms with E-state index in [0.717, 1.165) is 63.2 Å². The maximum atomic E-state index is 11.2. The highest BCUT2D eigenvalue weighted by atomic mass is 35.5. The van der Waals surface area contributed by atoms with Crippen molar-refractivity contribution in [1.82, 2.24) is 24.8 Å². The van der Waals surface area contributed by atoms with Gasteiger partial charge in [-0.2, -0.15) is 0 Å². The highest BCUT2D eigenvalue weighted by molar-refractivity contribution is 6.35. The molecule has 2 saturated heterocycles. The van der Waals surface area contributed by atoms with E-state index in [2.05, 4.69) is 31.7 Å². The topological polar surface area (TPSA) is 110 Å². The maximum absolute atomic E-state index is 11.2. The minimum absolute atomic E-state index is 0.195. The summed E-state index contributed by atoms with van der Waals surface area (Å²) in [5.74, 6) is 1.92. The first-order chi connectivity index (χ1) is 19.7. The third-order valence-electron chi connectivity index (χ3n) is 7.65. The predicted molar refractivity (Wildman–Crippen MR) is 160 cm³/mol. The Morgan fingerprint density at radius 3 is 2.29 bits per heavy atom. The van der Waals surface area contributed by atoms with Gasteiger partial charge in [-0.15, -0.1) is 0 Å². The van der Waals surface area contributed by atoms with Gasteiger partial charge in [0.25, 0.3) is 0 Å². The number of nitrogens with zero attached hydrogens (tertiary/aromatic N) is 6. The van der Waals surface area contributed by atoms with E-state index in [1.54, 1.807) is 18.5 Å². The molecule has 5 rings (SSSR count). The number of piperazine rings is 1. The number of aromatic nitrogens is 3. The van der Waals surface area contributed by atoms with Crippen LogP contribution in [0.15, 0.2) is 42.7 Å². The molecule has 2 aromatic heterocycles. The van der Waals surface area contributed by atoms with Gasteiger partial charge >= 0.3 is 6.09 Å². The molecule has 2 fully saturated rings. The van der Waals surface area contributed by atoms with E-state index < -0.39 is 6.09 Å². The van der Waals surface area contributed by atoms with Crippen LogP contribution in [-0.2, 0) is 11.3 Å². The minimum atomic E-state index is -0.725. The molecule has 4 heterocycles. The van der Waals surface area contributed by atoms with Crippen molar-refractivity contribution < 1.29 is 14.3 Å². The van der Waals surface area contributed by atoms with E-state index in [1.807, 2.05) is 31.2 Å². The Bertz CT molecular complexity index is 1320. The van der Waals surface area contributed by atoms with Gasteiger partial charge in [0.1, 0.15) is 6.10 Å². The smallest absolute Gasteiger partial charge is 0.404 e. The van der Waals surface area contributed by atoms with Crippen molar-refractivity contribution in [2.24, 2.45) is 11.7 Å². The minimum Gasteiger partial charge on any atom is -0.446 e. The van der Waals surface area contributed by atoms with Gasteiger partial charge < -0.3 is 25.0 Å². The number of halogens is 2. The quantitative estimate of drug-likeness (QED) is 0.378. The number of hydrogen-bond acceptors (Lipinski definition) is 9. The average Bonchev–Trinajstić information content (AvgIpc) is 2.93. The van der Waals surface area contributed by atoms with Crippen LogP contribution in [0.5, 0.6) is 11.6 Å². The van der Waals surface area contributed by atoms with E-state index in [9.17, 15) is 4.79 Å². The second-order valence-electron chi connectivity index (χ2n) is 10.7. The molecular formula is C29H35Cl2N7O3. The van der Waals surface area contributed by atoms with Crippen LogP contribution in [0.1, 0.15) is 25.3 Å². The Kier molecular flexibility index (Phi) is 9.44. The Morgan fingerprint density at radius 1 is 1.00 bits per heavy atom. The second-order valence-corrected chi connectivity index (χ2v) is 11.6. The van der Waals surface area contributed by atoms with E-state index >= 15 is 0 Å². The van der Waals surface area contributed by atoms with Crippen molar-refractivity contribution in [3.8, 4) is 22.9 Å². The van der Waals surface area contributed by atoms with Crippen LogP contribution in [0.25, 0.3) is 11.3 Å². The molecule has 12 heteroatoms. The van der Waals surface area contributed by atoms with Crippen molar-refractivity contribution in [2.45, 2.75) is 32.4 Å². The van der Waals surface area contributed by atoms with Crippen molar-refractivity contribution in [1.29, 1.82) is 0 Å². The lowest BCUT2D eigenvalue weighted by atomic mass is 9.92. The fourth-order valence-electron chi connectivity index (χ4n) is 5.32. The zero-order chi connectivity index (χ0) is 28.9. The fourth-order valence-corrected chi connectivity index (χ4v) is 5.85. The Morgan fingerprint density at radius 2 is 1.66 bits per heavy atom. The number of carbonyl (C=O) groups excluding carboxylic acids is 1. The zero-order valence-electron chi connectivity index (χ0n) is 23.3. The van der Waals surface area contributed by atoms with Gasteiger partial charge in [0.15, 0.2) is 5.75 Å². The molecule has 3 aromatic rings. The molecule has 2 aliphatic rings. The first kappa shape index (κ1) is 29.3. The summed E-state index contributed by atoms with van der Waals surface area (Å²) in [6, 6.07) is 9.34. The Balaban J connectivity index is 1.33. The summed E-state index contributed by atoms with van der Waals surface area (Å²) in [5.41, 5.74) is 7.75. The summed E-state index contributed by atoms with van der Waals surface area (Å²) in [4.78, 5) is 31.8. The van der Waals surface area contributed by atoms with E-state index in [0.29, 0.717) is 39.9 Å². The maximum Gasteiger partial charge on any atom is 0.404 e. The van der Waals surface area contributed by atoms with Crippen molar-refractivity contribution >= 4 is 35.2 Å². The number of hydrogen-bond donors (Lipinski definition) is 1. The van der Waals surface area contributed by atoms with E-state index in [1.165, 1.54) is 0 Å². The van der Waals surface area contributed by atoms with Crippen molar-refractivity contribution in [3.63, 3.8) is 0 Å². The molecule has 0 bridgehead atoms. The lowest BCUT2D eigenvalue weighted by molar-refractivity contribution is 0.0478. The molecule has 1 amide bonds. The summed E-state index contributed by atoms with van der Waals surface area (Å²) >= 11 is 12.6. The fraction of sp³-hybridized carbons (Fsp3) is 0.448. The van der Waals surface area contributed by atoms with Crippen LogP contribution in [0.3, 0.4) is 0 Å². The molecule has 0 radical (unpaired) electrons. The van der Waals surface area contributed by atoms with Gasteiger partial charge in [0.05, 0.1) is 18.1 Å². The first-order valence-electron chi connectivity index (χ1n) is 13.8. The number of nitrogens with two attached hydrogens (primary N) is 1. The monoisotopic (exact) mass is 599 g/mol. The van der Waals surface area contributed by atoms with Crippen molar-refractivity contribution in [2.75, 3.05) is 51.2 Å². The van der Waals surface area contributed by atoms with Crippen LogP contribution >= 0.6 is 23.2 Å². The largest absolute Gasteiger partial charge is 0.446 e. The molecule has 0 saturated carbocycles. The zero-order valence-corrected chi connectivity index (χ0v) is 24.8. The molecule has 1 unspecified atom stereocenters. The Labute approximate surface area is 250 Å². The van der Waals surface area contributed by atoms with Crippen LogP contribution in [0, 0.1) is 5.92 Å². The molecular weight excluding hydrogens is 565 g/mol. The highest BCUT2D eigenvalue weighted by Crippen LogP contribution is 2.31. The Hall–Kier alpha value is -3.18. The number of ether oxygens (including phenoxy) is 2. The molecule has 10 nitrogen and oxygen atoms in total. The van der Waals surface area contributed by atoms with Crippen LogP contribution in [0.2, 0.25) is 10.0 Å². The molecule has 0 spiro atoms. The number of pyridine rings is 1. The second kappa shape index (κ2) is 13.2. The number of rotatable bonds is 8. The number of primary amides is 1. The lowest BCUT2D eigenvalue weighted by Gasteiger charge is -2.34. The van der Waals surface area contributed by atoms with Gasteiger partial charge in [0.2, 0.25) is 11.8 Å². The predicted octanol–water partition coefficient (Wildman–Crippen LogP) is 5.09. The standard InChI is InChI=1S/C29H35Cl2N7O3/c1-19(40-28(32)39)21-3-5-37(6-4-21)18-20-11-26(22-13-23(30)15-24(31)14-22)35-27(12-20)41-25-16-33-29(34-17-25)38-9-7-36(2)8-10-38/h11-17,19,21H,3-10,18H2,1-2H3,(H2,32,39). The summed E-state index contributed by atoms with van der Waals surface area (Å²) in [6.07, 6.45) is 4.28. The highest BCUT2D eigenvalue weighted by Gasteiger charge is 2.26. The number of benzene rings is 1. The molecule has 2 N–H and O–H groups in total. The van der Waals surface area contributed by atoms with Crippen molar-refractivity contribution in [3.05, 3.63) is 58.3 Å². The normalized spacial score (nSPS) is 17.8. The summed E-state index contributed by atoms with van der Waals surface area (Å²) in [5, 5.41) is 1.06. The third-order valence-corrected chi connectivity index (χ3v) is 8.08. The van der Waals surface area contributed by atoms with Crippen LogP contribution in [-0.4, -0.2) is 83.3 Å². The number of carbonyl (C=O) groups is 1.